The molecule has 38 heavy (non-hydrogen) atoms. The number of thiazole rings is 1. The molecular weight excluding hydrogens is 514 g/mol. The fraction of sp³-hybridized carbons (Fsp3) is 0.172. The number of nitrogens with zero attached hydrogens (tertiary/aromatic N) is 4. The van der Waals surface area contributed by atoms with Gasteiger partial charge in [-0.15, -0.1) is 21.5 Å². The molecule has 5 aromatic rings. The van der Waals surface area contributed by atoms with E-state index in [0.29, 0.717) is 11.4 Å². The van der Waals surface area contributed by atoms with Gasteiger partial charge in [-0.1, -0.05) is 47.7 Å². The molecule has 1 N–H and O–H groups in total. The van der Waals surface area contributed by atoms with Crippen molar-refractivity contribution in [3.05, 3.63) is 99.5 Å². The second-order valence-corrected chi connectivity index (χ2v) is 10.8. The number of anilines is 1. The number of hydrogen-bond donors (Lipinski definition) is 1. The smallest absolute Gasteiger partial charge is 0.275 e. The third-order valence-corrected chi connectivity index (χ3v) is 8.10. The molecule has 0 saturated carbocycles. The van der Waals surface area contributed by atoms with Crippen molar-refractivity contribution in [1.82, 2.24) is 19.7 Å². The summed E-state index contributed by atoms with van der Waals surface area (Å²) in [6.07, 6.45) is 0. The zero-order valence-corrected chi connectivity index (χ0v) is 23.2. The summed E-state index contributed by atoms with van der Waals surface area (Å²) in [5, 5.41) is 15.3. The van der Waals surface area contributed by atoms with Crippen LogP contribution in [-0.4, -0.2) is 32.8 Å². The van der Waals surface area contributed by atoms with Gasteiger partial charge in [0.05, 0.1) is 12.9 Å². The van der Waals surface area contributed by atoms with Crippen molar-refractivity contribution in [1.29, 1.82) is 0 Å². The Bertz CT molecular complexity index is 1590. The molecule has 5 rings (SSSR count). The normalized spacial score (nSPS) is 10.9. The first kappa shape index (κ1) is 25.7. The molecule has 0 saturated heterocycles. The highest BCUT2D eigenvalue weighted by Crippen LogP contribution is 2.32. The van der Waals surface area contributed by atoms with Gasteiger partial charge in [-0.05, 0) is 68.3 Å². The van der Waals surface area contributed by atoms with E-state index >= 15 is 0 Å². The third-order valence-electron chi connectivity index (χ3n) is 6.13. The Morgan fingerprint density at radius 2 is 1.82 bits per heavy atom. The van der Waals surface area contributed by atoms with Crippen molar-refractivity contribution in [2.45, 2.75) is 31.7 Å². The number of carbonyl (C=O) groups is 1. The number of aryl methyl sites for hydroxylation is 3. The van der Waals surface area contributed by atoms with Crippen LogP contribution in [-0.2, 0) is 5.75 Å². The number of rotatable bonds is 8. The highest BCUT2D eigenvalue weighted by molar-refractivity contribution is 7.98. The lowest BCUT2D eigenvalue weighted by Gasteiger charge is -2.11. The van der Waals surface area contributed by atoms with Gasteiger partial charge in [-0.3, -0.25) is 9.36 Å². The van der Waals surface area contributed by atoms with Gasteiger partial charge in [0, 0.05) is 22.3 Å². The Balaban J connectivity index is 1.37. The van der Waals surface area contributed by atoms with E-state index in [2.05, 4.69) is 51.7 Å². The molecular formula is C29H27N5O2S2. The maximum Gasteiger partial charge on any atom is 0.275 e. The summed E-state index contributed by atoms with van der Waals surface area (Å²) in [6.45, 7) is 6.13. The minimum Gasteiger partial charge on any atom is -0.497 e. The highest BCUT2D eigenvalue weighted by Gasteiger charge is 2.18. The van der Waals surface area contributed by atoms with Crippen LogP contribution in [0.1, 0.15) is 32.2 Å². The van der Waals surface area contributed by atoms with Crippen molar-refractivity contribution in [3.8, 4) is 22.8 Å². The number of nitrogens with one attached hydrogen (secondary N) is 1. The van der Waals surface area contributed by atoms with Gasteiger partial charge < -0.3 is 10.1 Å². The zero-order valence-electron chi connectivity index (χ0n) is 21.6. The summed E-state index contributed by atoms with van der Waals surface area (Å²) in [7, 11) is 1.65. The summed E-state index contributed by atoms with van der Waals surface area (Å²) in [5.41, 5.74) is 6.53. The molecule has 2 heterocycles. The van der Waals surface area contributed by atoms with Crippen LogP contribution < -0.4 is 10.1 Å². The number of amides is 1. The van der Waals surface area contributed by atoms with Gasteiger partial charge in [0.2, 0.25) is 0 Å². The number of methoxy groups -OCH3 is 1. The van der Waals surface area contributed by atoms with E-state index in [0.717, 1.165) is 44.2 Å². The molecule has 3 aromatic carbocycles. The van der Waals surface area contributed by atoms with Crippen LogP contribution in [0, 0.1) is 20.8 Å². The van der Waals surface area contributed by atoms with Crippen LogP contribution >= 0.6 is 23.1 Å². The summed E-state index contributed by atoms with van der Waals surface area (Å²) in [5.74, 6) is 1.82. The van der Waals surface area contributed by atoms with Crippen molar-refractivity contribution < 1.29 is 9.53 Å². The van der Waals surface area contributed by atoms with Crippen molar-refractivity contribution in [2.75, 3.05) is 12.4 Å². The van der Waals surface area contributed by atoms with Crippen molar-refractivity contribution in [2.24, 2.45) is 0 Å². The SMILES string of the molecule is COc1cccc(-c2nnc(SCc3nc(C(=O)Nc4ccc(C)c(C)c4)cs3)n2-c2ccc(C)cc2)c1. The van der Waals surface area contributed by atoms with Crippen molar-refractivity contribution in [3.63, 3.8) is 0 Å². The Labute approximate surface area is 229 Å². The lowest BCUT2D eigenvalue weighted by molar-refractivity contribution is 0.102. The highest BCUT2D eigenvalue weighted by atomic mass is 32.2. The largest absolute Gasteiger partial charge is 0.497 e. The maximum atomic E-state index is 12.8. The monoisotopic (exact) mass is 541 g/mol. The van der Waals surface area contributed by atoms with Crippen LogP contribution in [0.25, 0.3) is 17.1 Å². The standard InChI is InChI=1S/C29H27N5O2S2/c1-18-8-12-23(13-9-18)34-27(21-6-5-7-24(15-21)36-4)32-33-29(34)38-17-26-31-25(16-37-26)28(35)30-22-11-10-19(2)20(3)14-22/h5-16H,17H2,1-4H3,(H,30,35). The van der Waals surface area contributed by atoms with Gasteiger partial charge >= 0.3 is 0 Å². The van der Waals surface area contributed by atoms with E-state index in [1.54, 1.807) is 12.5 Å². The van der Waals surface area contributed by atoms with E-state index in [1.807, 2.05) is 60.9 Å². The average Bonchev–Trinajstić information content (AvgIpc) is 3.58. The van der Waals surface area contributed by atoms with E-state index < -0.39 is 0 Å². The van der Waals surface area contributed by atoms with E-state index in [4.69, 9.17) is 4.74 Å². The lowest BCUT2D eigenvalue weighted by Crippen LogP contribution is -2.12. The Morgan fingerprint density at radius 3 is 2.58 bits per heavy atom. The molecule has 7 nitrogen and oxygen atoms in total. The number of benzene rings is 3. The molecule has 1 amide bonds. The maximum absolute atomic E-state index is 12.8. The molecule has 0 spiro atoms. The van der Waals surface area contributed by atoms with Gasteiger partial charge in [0.1, 0.15) is 16.5 Å². The third kappa shape index (κ3) is 5.64. The number of carbonyl (C=O) groups excluding carboxylic acids is 1. The average molecular weight is 542 g/mol. The molecule has 0 bridgehead atoms. The van der Waals surface area contributed by atoms with E-state index in [1.165, 1.54) is 34.2 Å². The Morgan fingerprint density at radius 1 is 1.00 bits per heavy atom. The minimum atomic E-state index is -0.219. The second kappa shape index (κ2) is 11.2. The first-order chi connectivity index (χ1) is 18.4. The fourth-order valence-electron chi connectivity index (χ4n) is 3.86. The molecule has 0 atom stereocenters. The predicted molar refractivity (Wildman–Crippen MR) is 154 cm³/mol. The number of hydrogen-bond acceptors (Lipinski definition) is 7. The van der Waals surface area contributed by atoms with Crippen molar-refractivity contribution >= 4 is 34.7 Å². The van der Waals surface area contributed by atoms with E-state index in [9.17, 15) is 4.79 Å². The summed E-state index contributed by atoms with van der Waals surface area (Å²) in [4.78, 5) is 17.3. The summed E-state index contributed by atoms with van der Waals surface area (Å²) in [6, 6.07) is 21.9. The molecule has 0 fully saturated rings. The molecule has 0 aliphatic rings. The van der Waals surface area contributed by atoms with Crippen LogP contribution in [0.4, 0.5) is 5.69 Å². The topological polar surface area (TPSA) is 81.9 Å². The Hall–Kier alpha value is -3.95. The second-order valence-electron chi connectivity index (χ2n) is 8.88. The molecule has 192 valence electrons. The summed E-state index contributed by atoms with van der Waals surface area (Å²) >= 11 is 2.99. The van der Waals surface area contributed by atoms with Crippen LogP contribution in [0.15, 0.2) is 77.3 Å². The van der Waals surface area contributed by atoms with Gasteiger partial charge in [-0.25, -0.2) is 4.98 Å². The zero-order chi connectivity index (χ0) is 26.6. The van der Waals surface area contributed by atoms with E-state index in [-0.39, 0.29) is 5.91 Å². The fourth-order valence-corrected chi connectivity index (χ4v) is 5.61. The first-order valence-electron chi connectivity index (χ1n) is 12.0. The number of aromatic nitrogens is 4. The molecule has 0 aliphatic heterocycles. The molecule has 0 radical (unpaired) electrons. The van der Waals surface area contributed by atoms with Gasteiger partial charge in [0.25, 0.3) is 5.91 Å². The molecule has 0 unspecified atom stereocenters. The van der Waals surface area contributed by atoms with Crippen LogP contribution in [0.3, 0.4) is 0 Å². The Kier molecular flexibility index (Phi) is 7.57. The lowest BCUT2D eigenvalue weighted by atomic mass is 10.1. The molecule has 9 heteroatoms. The minimum absolute atomic E-state index is 0.219. The number of thioether (sulfide) groups is 1. The molecule has 0 aliphatic carbocycles. The van der Waals surface area contributed by atoms with Crippen LogP contribution in [0.2, 0.25) is 0 Å². The van der Waals surface area contributed by atoms with Gasteiger partial charge in [0.15, 0.2) is 11.0 Å². The number of ether oxygens (including phenoxy) is 1. The van der Waals surface area contributed by atoms with Gasteiger partial charge in [-0.2, -0.15) is 0 Å². The van der Waals surface area contributed by atoms with Crippen LogP contribution in [0.5, 0.6) is 5.75 Å². The molecule has 2 aromatic heterocycles. The first-order valence-corrected chi connectivity index (χ1v) is 13.9. The predicted octanol–water partition coefficient (Wildman–Crippen LogP) is 6.87. The quantitative estimate of drug-likeness (QED) is 0.216. The summed E-state index contributed by atoms with van der Waals surface area (Å²) < 4.78 is 7.46.